The van der Waals surface area contributed by atoms with Crippen LogP contribution in [0.4, 0.5) is 0 Å². The van der Waals surface area contributed by atoms with Gasteiger partial charge in [0.15, 0.2) is 12.2 Å². The first-order chi connectivity index (χ1) is 11.9. The third kappa shape index (κ3) is 7.39. The van der Waals surface area contributed by atoms with Crippen molar-refractivity contribution < 1.29 is 14.3 Å². The molecule has 1 aliphatic rings. The molecule has 1 rings (SSSR count). The summed E-state index contributed by atoms with van der Waals surface area (Å²) in [6, 6.07) is -0.746. The molecule has 8 heteroatoms. The number of rotatable bonds is 9. The number of hydrogen-bond acceptors (Lipinski definition) is 5. The van der Waals surface area contributed by atoms with Gasteiger partial charge in [-0.1, -0.05) is 6.42 Å². The molecule has 0 aromatic rings. The molecule has 1 heterocycles. The molecule has 1 fully saturated rings. The smallest absolute Gasteiger partial charge is 0.237 e. The number of likely N-dealkylation sites (tertiary alicyclic amines) is 1. The van der Waals surface area contributed by atoms with Gasteiger partial charge in [-0.2, -0.15) is 0 Å². The van der Waals surface area contributed by atoms with Crippen molar-refractivity contribution in [2.45, 2.75) is 70.7 Å². The summed E-state index contributed by atoms with van der Waals surface area (Å²) in [5, 5.41) is 2.96. The van der Waals surface area contributed by atoms with Crippen molar-refractivity contribution in [3.05, 3.63) is 0 Å². The van der Waals surface area contributed by atoms with Gasteiger partial charge in [0.25, 0.3) is 0 Å². The van der Waals surface area contributed by atoms with Gasteiger partial charge in [0, 0.05) is 26.6 Å². The Labute approximate surface area is 150 Å². The largest absolute Gasteiger partial charge is 0.370 e. The number of ether oxygens (including phenoxy) is 1. The number of hydrogen-bond donors (Lipinski definition) is 3. The fourth-order valence-corrected chi connectivity index (χ4v) is 2.86. The zero-order chi connectivity index (χ0) is 18.8. The summed E-state index contributed by atoms with van der Waals surface area (Å²) in [6.45, 7) is 4.54. The highest BCUT2D eigenvalue weighted by molar-refractivity contribution is 5.82. The van der Waals surface area contributed by atoms with Gasteiger partial charge >= 0.3 is 0 Å². The fourth-order valence-electron chi connectivity index (χ4n) is 2.86. The van der Waals surface area contributed by atoms with Crippen LogP contribution in [0.15, 0.2) is 4.99 Å². The second-order valence-electron chi connectivity index (χ2n) is 6.60. The molecule has 3 atom stereocenters. The lowest BCUT2D eigenvalue weighted by atomic mass is 10.0. The van der Waals surface area contributed by atoms with Crippen LogP contribution < -0.4 is 16.8 Å². The predicted octanol–water partition coefficient (Wildman–Crippen LogP) is 0.351. The van der Waals surface area contributed by atoms with E-state index in [0.717, 1.165) is 38.6 Å². The maximum atomic E-state index is 12.0. The molecule has 0 saturated carbocycles. The van der Waals surface area contributed by atoms with Gasteiger partial charge in [0.1, 0.15) is 5.78 Å². The molecule has 1 amide bonds. The summed E-state index contributed by atoms with van der Waals surface area (Å²) in [6.07, 6.45) is 4.61. The van der Waals surface area contributed by atoms with Gasteiger partial charge in [-0.15, -0.1) is 0 Å². The second kappa shape index (κ2) is 11.0. The number of unbranched alkanes of at least 4 members (excludes halogenated alkanes) is 2. The number of piperidine rings is 1. The Bertz CT molecular complexity index is 467. The molecule has 1 saturated heterocycles. The minimum atomic E-state index is -0.570. The molecule has 3 unspecified atom stereocenters. The van der Waals surface area contributed by atoms with Gasteiger partial charge in [0.05, 0.1) is 12.1 Å². The van der Waals surface area contributed by atoms with Gasteiger partial charge in [-0.05, 0) is 39.5 Å². The fraction of sp³-hybridized carbons (Fsp3) is 0.824. The van der Waals surface area contributed by atoms with Crippen LogP contribution in [0.5, 0.6) is 0 Å². The number of amides is 1. The quantitative estimate of drug-likeness (QED) is 0.311. The van der Waals surface area contributed by atoms with Crippen LogP contribution in [0.2, 0.25) is 0 Å². The van der Waals surface area contributed by atoms with Crippen LogP contribution in [-0.2, 0) is 14.3 Å². The summed E-state index contributed by atoms with van der Waals surface area (Å²) < 4.78 is 6.04. The van der Waals surface area contributed by atoms with Crippen molar-refractivity contribution in [1.82, 2.24) is 10.2 Å². The summed E-state index contributed by atoms with van der Waals surface area (Å²) >= 11 is 0. The lowest BCUT2D eigenvalue weighted by molar-refractivity contribution is -0.127. The van der Waals surface area contributed by atoms with Crippen molar-refractivity contribution in [3.63, 3.8) is 0 Å². The van der Waals surface area contributed by atoms with Crippen molar-refractivity contribution in [1.29, 1.82) is 0 Å². The minimum Gasteiger partial charge on any atom is -0.370 e. The van der Waals surface area contributed by atoms with Crippen molar-refractivity contribution in [3.8, 4) is 0 Å². The first-order valence-corrected chi connectivity index (χ1v) is 9.02. The number of nitrogens with zero attached hydrogens (tertiary/aromatic N) is 2. The molecule has 0 aromatic heterocycles. The van der Waals surface area contributed by atoms with Crippen molar-refractivity contribution >= 4 is 17.6 Å². The highest BCUT2D eigenvalue weighted by atomic mass is 16.5. The van der Waals surface area contributed by atoms with Gasteiger partial charge in [0.2, 0.25) is 5.91 Å². The summed E-state index contributed by atoms with van der Waals surface area (Å²) in [7, 11) is 1.64. The Balaban J connectivity index is 2.62. The molecule has 144 valence electrons. The van der Waals surface area contributed by atoms with E-state index < -0.39 is 6.04 Å². The summed E-state index contributed by atoms with van der Waals surface area (Å²) in [5.41, 5.74) is 11.7. The standard InChI is InChI=1S/C17H33N5O3/c1-12(23)8-5-4-6-11-25-16-14(21-15(24)13(2)18)9-7-10-22(16)17(19)20-3/h13-14,16H,4-11,18H2,1-3H3,(H2,19,20)(H,21,24). The Kier molecular flexibility index (Phi) is 9.44. The molecule has 0 aliphatic carbocycles. The van der Waals surface area contributed by atoms with Crippen LogP contribution in [0.25, 0.3) is 0 Å². The third-order valence-electron chi connectivity index (χ3n) is 4.29. The lowest BCUT2D eigenvalue weighted by Crippen LogP contribution is -2.61. The van der Waals surface area contributed by atoms with Crippen LogP contribution in [-0.4, -0.2) is 61.1 Å². The van der Waals surface area contributed by atoms with Gasteiger partial charge in [-0.3, -0.25) is 9.79 Å². The first-order valence-electron chi connectivity index (χ1n) is 9.02. The molecular formula is C17H33N5O3. The normalized spacial score (nSPS) is 22.6. The van der Waals surface area contributed by atoms with E-state index in [2.05, 4.69) is 10.3 Å². The van der Waals surface area contributed by atoms with E-state index in [-0.39, 0.29) is 24.0 Å². The molecule has 1 aliphatic heterocycles. The number of carbonyl (C=O) groups excluding carboxylic acids is 2. The maximum Gasteiger partial charge on any atom is 0.237 e. The number of Topliss-reactive ketones (excluding diaryl/α,β-unsaturated/α-hetero) is 1. The number of carbonyl (C=O) groups is 2. The predicted molar refractivity (Wildman–Crippen MR) is 98.0 cm³/mol. The molecule has 5 N–H and O–H groups in total. The Morgan fingerprint density at radius 2 is 2.08 bits per heavy atom. The van der Waals surface area contributed by atoms with Crippen molar-refractivity contribution in [2.24, 2.45) is 16.5 Å². The molecule has 0 aromatic carbocycles. The maximum absolute atomic E-state index is 12.0. The van der Waals surface area contributed by atoms with E-state index in [0.29, 0.717) is 19.0 Å². The van der Waals surface area contributed by atoms with Crippen LogP contribution in [0.3, 0.4) is 0 Å². The minimum absolute atomic E-state index is 0.176. The van der Waals surface area contributed by atoms with Crippen molar-refractivity contribution in [2.75, 3.05) is 20.2 Å². The summed E-state index contributed by atoms with van der Waals surface area (Å²) in [4.78, 5) is 28.9. The first kappa shape index (κ1) is 21.4. The number of ketones is 1. The summed E-state index contributed by atoms with van der Waals surface area (Å²) in [5.74, 6) is 0.417. The number of nitrogens with two attached hydrogens (primary N) is 2. The highest BCUT2D eigenvalue weighted by Crippen LogP contribution is 2.19. The van der Waals surface area contributed by atoms with Crippen LogP contribution >= 0.6 is 0 Å². The molecule has 8 nitrogen and oxygen atoms in total. The highest BCUT2D eigenvalue weighted by Gasteiger charge is 2.34. The zero-order valence-electron chi connectivity index (χ0n) is 15.7. The van der Waals surface area contributed by atoms with Crippen LogP contribution in [0.1, 0.15) is 52.4 Å². The average molecular weight is 355 g/mol. The van der Waals surface area contributed by atoms with Gasteiger partial charge in [-0.25, -0.2) is 0 Å². The topological polar surface area (TPSA) is 123 Å². The second-order valence-corrected chi connectivity index (χ2v) is 6.60. The van der Waals surface area contributed by atoms with E-state index in [1.165, 1.54) is 0 Å². The average Bonchev–Trinajstić information content (AvgIpc) is 2.57. The Hall–Kier alpha value is -1.67. The Morgan fingerprint density at radius 3 is 2.68 bits per heavy atom. The van der Waals surface area contributed by atoms with E-state index in [4.69, 9.17) is 16.2 Å². The van der Waals surface area contributed by atoms with Gasteiger partial charge < -0.3 is 31.2 Å². The lowest BCUT2D eigenvalue weighted by Gasteiger charge is -2.41. The molecular weight excluding hydrogens is 322 g/mol. The number of nitrogens with one attached hydrogen (secondary N) is 1. The van der Waals surface area contributed by atoms with E-state index in [1.54, 1.807) is 20.9 Å². The Morgan fingerprint density at radius 1 is 1.36 bits per heavy atom. The van der Waals surface area contributed by atoms with E-state index >= 15 is 0 Å². The SMILES string of the molecule is CN=C(N)N1CCCC(NC(=O)C(C)N)C1OCCCCCC(C)=O. The van der Waals surface area contributed by atoms with E-state index in [9.17, 15) is 9.59 Å². The molecule has 0 radical (unpaired) electrons. The van der Waals surface area contributed by atoms with Crippen LogP contribution in [0, 0.1) is 0 Å². The monoisotopic (exact) mass is 355 g/mol. The number of aliphatic imine (C=N–C) groups is 1. The third-order valence-corrected chi connectivity index (χ3v) is 4.29. The molecule has 0 spiro atoms. The molecule has 25 heavy (non-hydrogen) atoms. The zero-order valence-corrected chi connectivity index (χ0v) is 15.7. The molecule has 0 bridgehead atoms. The number of guanidine groups is 1. The van der Waals surface area contributed by atoms with E-state index in [1.807, 2.05) is 4.90 Å².